The first-order chi connectivity index (χ1) is 12.2. The topological polar surface area (TPSA) is 48.9 Å². The summed E-state index contributed by atoms with van der Waals surface area (Å²) >= 11 is 1.74. The Labute approximate surface area is 154 Å². The Morgan fingerprint density at radius 1 is 1.12 bits per heavy atom. The van der Waals surface area contributed by atoms with Gasteiger partial charge in [0, 0.05) is 25.0 Å². The van der Waals surface area contributed by atoms with Gasteiger partial charge in [-0.2, -0.15) is 0 Å². The lowest BCUT2D eigenvalue weighted by Gasteiger charge is -2.12. The second-order valence-corrected chi connectivity index (χ2v) is 7.04. The molecule has 0 spiro atoms. The van der Waals surface area contributed by atoms with Crippen LogP contribution in [-0.4, -0.2) is 45.2 Å². The van der Waals surface area contributed by atoms with Gasteiger partial charge in [0.05, 0.1) is 13.2 Å². The van der Waals surface area contributed by atoms with Gasteiger partial charge < -0.3 is 20.3 Å². The van der Waals surface area contributed by atoms with Crippen molar-refractivity contribution in [2.75, 3.05) is 34.3 Å². The zero-order valence-electron chi connectivity index (χ0n) is 15.3. The van der Waals surface area contributed by atoms with Crippen molar-refractivity contribution in [1.29, 1.82) is 0 Å². The van der Waals surface area contributed by atoms with Crippen LogP contribution in [0.15, 0.2) is 46.8 Å². The van der Waals surface area contributed by atoms with Gasteiger partial charge in [-0.1, -0.05) is 18.2 Å². The SMILES string of the molecule is CN=C(NCc1ccc(OCCCN(C)C)cc1)NCc1cccs1. The van der Waals surface area contributed by atoms with Crippen molar-refractivity contribution in [2.24, 2.45) is 4.99 Å². The van der Waals surface area contributed by atoms with Crippen molar-refractivity contribution in [3.05, 3.63) is 52.2 Å². The van der Waals surface area contributed by atoms with Gasteiger partial charge in [0.2, 0.25) is 0 Å². The minimum atomic E-state index is 0.727. The Bertz CT molecular complexity index is 623. The minimum absolute atomic E-state index is 0.727. The van der Waals surface area contributed by atoms with E-state index in [9.17, 15) is 0 Å². The third kappa shape index (κ3) is 7.58. The van der Waals surface area contributed by atoms with Crippen LogP contribution in [0.4, 0.5) is 0 Å². The second-order valence-electron chi connectivity index (χ2n) is 6.01. The lowest BCUT2D eigenvalue weighted by molar-refractivity contribution is 0.281. The predicted octanol–water partition coefficient (Wildman–Crippen LogP) is 2.94. The zero-order chi connectivity index (χ0) is 17.9. The van der Waals surface area contributed by atoms with Crippen molar-refractivity contribution >= 4 is 17.3 Å². The summed E-state index contributed by atoms with van der Waals surface area (Å²) in [7, 11) is 5.93. The summed E-state index contributed by atoms with van der Waals surface area (Å²) in [5.74, 6) is 1.72. The Morgan fingerprint density at radius 3 is 2.52 bits per heavy atom. The van der Waals surface area contributed by atoms with E-state index in [0.29, 0.717) is 0 Å². The summed E-state index contributed by atoms with van der Waals surface area (Å²) in [6, 6.07) is 12.4. The highest BCUT2D eigenvalue weighted by Crippen LogP contribution is 2.12. The van der Waals surface area contributed by atoms with Crippen LogP contribution in [-0.2, 0) is 13.1 Å². The molecule has 2 N–H and O–H groups in total. The van der Waals surface area contributed by atoms with Crippen LogP contribution < -0.4 is 15.4 Å². The minimum Gasteiger partial charge on any atom is -0.494 e. The fourth-order valence-corrected chi connectivity index (χ4v) is 2.91. The molecule has 0 fully saturated rings. The van der Waals surface area contributed by atoms with E-state index in [1.54, 1.807) is 18.4 Å². The molecule has 136 valence electrons. The smallest absolute Gasteiger partial charge is 0.191 e. The Balaban J connectivity index is 1.70. The molecular formula is C19H28N4OS. The molecule has 0 bridgehead atoms. The van der Waals surface area contributed by atoms with Crippen LogP contribution in [0.25, 0.3) is 0 Å². The monoisotopic (exact) mass is 360 g/mol. The summed E-state index contributed by atoms with van der Waals surface area (Å²) in [4.78, 5) is 7.71. The van der Waals surface area contributed by atoms with Crippen LogP contribution >= 0.6 is 11.3 Å². The van der Waals surface area contributed by atoms with Gasteiger partial charge in [0.15, 0.2) is 5.96 Å². The maximum absolute atomic E-state index is 5.76. The molecule has 0 aliphatic carbocycles. The van der Waals surface area contributed by atoms with E-state index in [4.69, 9.17) is 4.74 Å². The van der Waals surface area contributed by atoms with Gasteiger partial charge in [-0.05, 0) is 49.7 Å². The maximum atomic E-state index is 5.76. The number of aliphatic imine (C=N–C) groups is 1. The largest absolute Gasteiger partial charge is 0.494 e. The molecule has 1 aromatic carbocycles. The molecule has 6 heteroatoms. The standard InChI is InChI=1S/C19H28N4OS/c1-20-19(22-15-18-6-4-13-25-18)21-14-16-7-9-17(10-8-16)24-12-5-11-23(2)3/h4,6-10,13H,5,11-12,14-15H2,1-3H3,(H2,20,21,22). The van der Waals surface area contributed by atoms with Crippen LogP contribution in [0.5, 0.6) is 5.75 Å². The fourth-order valence-electron chi connectivity index (χ4n) is 2.26. The average Bonchev–Trinajstić information content (AvgIpc) is 3.13. The lowest BCUT2D eigenvalue weighted by atomic mass is 10.2. The highest BCUT2D eigenvalue weighted by Gasteiger charge is 2.01. The molecule has 2 aromatic rings. The Hall–Kier alpha value is -2.05. The average molecular weight is 361 g/mol. The van der Waals surface area contributed by atoms with Crippen molar-refractivity contribution in [2.45, 2.75) is 19.5 Å². The molecule has 0 atom stereocenters. The summed E-state index contributed by atoms with van der Waals surface area (Å²) in [6.07, 6.45) is 1.03. The molecule has 1 heterocycles. The van der Waals surface area contributed by atoms with Crippen LogP contribution in [0.2, 0.25) is 0 Å². The van der Waals surface area contributed by atoms with Crippen molar-refractivity contribution in [3.63, 3.8) is 0 Å². The number of rotatable bonds is 9. The molecule has 0 aliphatic heterocycles. The molecule has 0 radical (unpaired) electrons. The highest BCUT2D eigenvalue weighted by atomic mass is 32.1. The molecule has 0 saturated carbocycles. The van der Waals surface area contributed by atoms with E-state index in [-0.39, 0.29) is 0 Å². The Kier molecular flexibility index (Phi) is 8.28. The third-order valence-electron chi connectivity index (χ3n) is 3.64. The van der Waals surface area contributed by atoms with Gasteiger partial charge in [0.1, 0.15) is 5.75 Å². The molecule has 1 aromatic heterocycles. The molecule has 25 heavy (non-hydrogen) atoms. The second kappa shape index (κ2) is 10.7. The normalized spacial score (nSPS) is 11.6. The predicted molar refractivity (Wildman–Crippen MR) is 106 cm³/mol. The van der Waals surface area contributed by atoms with E-state index < -0.39 is 0 Å². The van der Waals surface area contributed by atoms with Crippen LogP contribution in [0.3, 0.4) is 0 Å². The summed E-state index contributed by atoms with van der Waals surface area (Å²) in [6.45, 7) is 3.30. The highest BCUT2D eigenvalue weighted by molar-refractivity contribution is 7.09. The number of guanidine groups is 1. The molecule has 0 amide bonds. The number of benzene rings is 1. The van der Waals surface area contributed by atoms with Gasteiger partial charge >= 0.3 is 0 Å². The summed E-state index contributed by atoms with van der Waals surface area (Å²) < 4.78 is 5.76. The number of hydrogen-bond acceptors (Lipinski definition) is 4. The van der Waals surface area contributed by atoms with E-state index in [2.05, 4.69) is 64.3 Å². The molecule has 0 aliphatic rings. The van der Waals surface area contributed by atoms with Gasteiger partial charge in [-0.15, -0.1) is 11.3 Å². The molecular weight excluding hydrogens is 332 g/mol. The fraction of sp³-hybridized carbons (Fsp3) is 0.421. The number of hydrogen-bond donors (Lipinski definition) is 2. The first-order valence-corrected chi connectivity index (χ1v) is 9.38. The van der Waals surface area contributed by atoms with E-state index in [1.165, 1.54) is 10.4 Å². The molecule has 0 unspecified atom stereocenters. The quantitative estimate of drug-likeness (QED) is 0.410. The van der Waals surface area contributed by atoms with Gasteiger partial charge in [-0.3, -0.25) is 4.99 Å². The maximum Gasteiger partial charge on any atom is 0.191 e. The third-order valence-corrected chi connectivity index (χ3v) is 4.51. The van der Waals surface area contributed by atoms with Crippen molar-refractivity contribution in [1.82, 2.24) is 15.5 Å². The van der Waals surface area contributed by atoms with Crippen molar-refractivity contribution < 1.29 is 4.74 Å². The van der Waals surface area contributed by atoms with Gasteiger partial charge in [0.25, 0.3) is 0 Å². The van der Waals surface area contributed by atoms with E-state index in [1.807, 2.05) is 12.1 Å². The first kappa shape index (κ1) is 19.3. The number of thiophene rings is 1. The number of nitrogens with zero attached hydrogens (tertiary/aromatic N) is 2. The lowest BCUT2D eigenvalue weighted by Crippen LogP contribution is -2.36. The molecule has 2 rings (SSSR count). The van der Waals surface area contributed by atoms with Crippen molar-refractivity contribution in [3.8, 4) is 5.75 Å². The summed E-state index contributed by atoms with van der Waals surface area (Å²) in [5.41, 5.74) is 1.19. The molecule has 0 saturated heterocycles. The number of ether oxygens (including phenoxy) is 1. The van der Waals surface area contributed by atoms with Gasteiger partial charge in [-0.25, -0.2) is 0 Å². The Morgan fingerprint density at radius 2 is 1.88 bits per heavy atom. The van der Waals surface area contributed by atoms with E-state index in [0.717, 1.165) is 44.4 Å². The number of nitrogens with one attached hydrogen (secondary N) is 2. The first-order valence-electron chi connectivity index (χ1n) is 8.51. The zero-order valence-corrected chi connectivity index (χ0v) is 16.1. The van der Waals surface area contributed by atoms with Crippen LogP contribution in [0, 0.1) is 0 Å². The van der Waals surface area contributed by atoms with E-state index >= 15 is 0 Å². The molecule has 5 nitrogen and oxygen atoms in total. The van der Waals surface area contributed by atoms with Crippen LogP contribution in [0.1, 0.15) is 16.9 Å². The summed E-state index contributed by atoms with van der Waals surface area (Å²) in [5, 5.41) is 8.73.